The van der Waals surface area contributed by atoms with Crippen LogP contribution in [0, 0.1) is 5.82 Å². The Hall–Kier alpha value is -0.410. The van der Waals surface area contributed by atoms with Gasteiger partial charge in [0.1, 0.15) is 5.82 Å². The molecule has 76 valence electrons. The van der Waals surface area contributed by atoms with E-state index in [1.165, 1.54) is 6.07 Å². The van der Waals surface area contributed by atoms with Gasteiger partial charge in [0, 0.05) is 15.9 Å². The molecular weight excluding hydrogens is 245 g/mol. The number of benzene rings is 1. The van der Waals surface area contributed by atoms with Crippen molar-refractivity contribution in [2.75, 3.05) is 0 Å². The van der Waals surface area contributed by atoms with Crippen LogP contribution in [0.1, 0.15) is 25.3 Å². The summed E-state index contributed by atoms with van der Waals surface area (Å²) in [5.41, 5.74) is 6.98. The molecule has 3 heteroatoms. The molecule has 1 saturated carbocycles. The van der Waals surface area contributed by atoms with Crippen LogP contribution in [0.2, 0.25) is 0 Å². The number of hydrogen-bond acceptors (Lipinski definition) is 1. The van der Waals surface area contributed by atoms with E-state index in [4.69, 9.17) is 5.73 Å². The topological polar surface area (TPSA) is 26.0 Å². The minimum atomic E-state index is -0.185. The quantitative estimate of drug-likeness (QED) is 0.867. The fourth-order valence-electron chi connectivity index (χ4n) is 1.98. The largest absolute Gasteiger partial charge is 0.327 e. The summed E-state index contributed by atoms with van der Waals surface area (Å²) >= 11 is 3.45. The number of hydrogen-bond donors (Lipinski definition) is 1. The van der Waals surface area contributed by atoms with Crippen LogP contribution in [0.25, 0.3) is 0 Å². The predicted octanol–water partition coefficient (Wildman–Crippen LogP) is 2.97. The summed E-state index contributed by atoms with van der Waals surface area (Å²) < 4.78 is 14.1. The summed E-state index contributed by atoms with van der Waals surface area (Å²) in [5, 5.41) is 0. The molecular formula is C11H13BrFN. The average Bonchev–Trinajstić information content (AvgIpc) is 2.90. The highest BCUT2D eigenvalue weighted by Crippen LogP contribution is 2.52. The smallest absolute Gasteiger partial charge is 0.123 e. The first-order chi connectivity index (χ1) is 6.56. The molecule has 2 N–H and O–H groups in total. The van der Waals surface area contributed by atoms with Crippen LogP contribution in [0.4, 0.5) is 4.39 Å². The Morgan fingerprint density at radius 2 is 2.14 bits per heavy atom. The summed E-state index contributed by atoms with van der Waals surface area (Å²) in [6.07, 6.45) is 2.12. The van der Waals surface area contributed by atoms with Crippen LogP contribution in [0.15, 0.2) is 22.7 Å². The van der Waals surface area contributed by atoms with E-state index in [0.717, 1.165) is 22.9 Å². The second-order valence-electron chi connectivity index (χ2n) is 4.07. The fraction of sp³-hybridized carbons (Fsp3) is 0.455. The van der Waals surface area contributed by atoms with E-state index < -0.39 is 0 Å². The maximum absolute atomic E-state index is 13.1. The molecule has 1 aromatic rings. The minimum absolute atomic E-state index is 0.0148. The Balaban J connectivity index is 2.46. The summed E-state index contributed by atoms with van der Waals surface area (Å²) in [4.78, 5) is 0. The third-order valence-electron chi connectivity index (χ3n) is 3.13. The van der Waals surface area contributed by atoms with Gasteiger partial charge in [-0.05, 0) is 43.5 Å². The fourth-order valence-corrected chi connectivity index (χ4v) is 2.63. The van der Waals surface area contributed by atoms with Crippen LogP contribution >= 0.6 is 15.9 Å². The van der Waals surface area contributed by atoms with Crippen molar-refractivity contribution in [3.8, 4) is 0 Å². The van der Waals surface area contributed by atoms with Crippen molar-refractivity contribution < 1.29 is 4.39 Å². The lowest BCUT2D eigenvalue weighted by atomic mass is 9.89. The van der Waals surface area contributed by atoms with E-state index in [1.54, 1.807) is 12.1 Å². The maximum atomic E-state index is 13.1. The molecule has 0 spiro atoms. The molecule has 1 atom stereocenters. The molecule has 14 heavy (non-hydrogen) atoms. The van der Waals surface area contributed by atoms with E-state index in [2.05, 4.69) is 15.9 Å². The lowest BCUT2D eigenvalue weighted by Gasteiger charge is -2.21. The molecule has 1 aromatic carbocycles. The van der Waals surface area contributed by atoms with Crippen molar-refractivity contribution in [1.29, 1.82) is 0 Å². The maximum Gasteiger partial charge on any atom is 0.123 e. The molecule has 0 heterocycles. The van der Waals surface area contributed by atoms with Crippen molar-refractivity contribution in [3.63, 3.8) is 0 Å². The van der Waals surface area contributed by atoms with E-state index >= 15 is 0 Å². The summed E-state index contributed by atoms with van der Waals surface area (Å²) in [6, 6.07) is 4.90. The number of nitrogens with two attached hydrogens (primary N) is 1. The first-order valence-corrected chi connectivity index (χ1v) is 5.57. The van der Waals surface area contributed by atoms with Gasteiger partial charge in [0.25, 0.3) is 0 Å². The van der Waals surface area contributed by atoms with Gasteiger partial charge >= 0.3 is 0 Å². The van der Waals surface area contributed by atoms with Gasteiger partial charge < -0.3 is 5.73 Å². The molecule has 1 nitrogen and oxygen atoms in total. The highest BCUT2D eigenvalue weighted by molar-refractivity contribution is 9.10. The van der Waals surface area contributed by atoms with Crippen molar-refractivity contribution in [3.05, 3.63) is 34.1 Å². The lowest BCUT2D eigenvalue weighted by Crippen LogP contribution is -2.31. The number of halogens is 2. The zero-order valence-corrected chi connectivity index (χ0v) is 9.64. The third kappa shape index (κ3) is 1.48. The number of rotatable bonds is 2. The van der Waals surface area contributed by atoms with Gasteiger partial charge in [-0.2, -0.15) is 0 Å². The minimum Gasteiger partial charge on any atom is -0.327 e. The average molecular weight is 258 g/mol. The van der Waals surface area contributed by atoms with Gasteiger partial charge in [0.15, 0.2) is 0 Å². The van der Waals surface area contributed by atoms with Gasteiger partial charge in [-0.25, -0.2) is 4.39 Å². The van der Waals surface area contributed by atoms with Crippen LogP contribution in [-0.2, 0) is 5.41 Å². The Morgan fingerprint density at radius 3 is 2.64 bits per heavy atom. The first-order valence-electron chi connectivity index (χ1n) is 4.77. The monoisotopic (exact) mass is 257 g/mol. The molecule has 0 amide bonds. The van der Waals surface area contributed by atoms with Gasteiger partial charge in [0.2, 0.25) is 0 Å². The second kappa shape index (κ2) is 3.31. The molecule has 1 unspecified atom stereocenters. The normalized spacial score (nSPS) is 20.6. The highest BCUT2D eigenvalue weighted by Gasteiger charge is 2.48. The molecule has 0 saturated heterocycles. The van der Waals surface area contributed by atoms with Gasteiger partial charge in [-0.15, -0.1) is 0 Å². The Bertz CT molecular complexity index is 358. The van der Waals surface area contributed by atoms with Gasteiger partial charge in [-0.3, -0.25) is 0 Å². The molecule has 2 rings (SSSR count). The Morgan fingerprint density at radius 1 is 1.50 bits per heavy atom. The van der Waals surface area contributed by atoms with Crippen LogP contribution < -0.4 is 5.73 Å². The molecule has 0 radical (unpaired) electrons. The Labute approximate surface area is 91.6 Å². The first kappa shape index (κ1) is 10.1. The lowest BCUT2D eigenvalue weighted by molar-refractivity contribution is 0.546. The molecule has 1 aliphatic carbocycles. The molecule has 0 bridgehead atoms. The molecule has 1 fully saturated rings. The van der Waals surface area contributed by atoms with E-state index in [0.29, 0.717) is 0 Å². The van der Waals surface area contributed by atoms with Crippen molar-refractivity contribution in [2.45, 2.75) is 31.2 Å². The van der Waals surface area contributed by atoms with Gasteiger partial charge in [0.05, 0.1) is 0 Å². The second-order valence-corrected chi connectivity index (χ2v) is 4.92. The molecule has 0 aromatic heterocycles. The summed E-state index contributed by atoms with van der Waals surface area (Å²) in [5.74, 6) is -0.185. The zero-order chi connectivity index (χ0) is 10.3. The summed E-state index contributed by atoms with van der Waals surface area (Å²) in [7, 11) is 0. The van der Waals surface area contributed by atoms with E-state index in [-0.39, 0.29) is 17.3 Å². The van der Waals surface area contributed by atoms with Crippen LogP contribution in [0.5, 0.6) is 0 Å². The Kier molecular flexibility index (Phi) is 2.40. The SMILES string of the molecule is CC(N)C1(c2cc(F)ccc2Br)CC1. The van der Waals surface area contributed by atoms with Gasteiger partial charge in [-0.1, -0.05) is 15.9 Å². The van der Waals surface area contributed by atoms with Crippen LogP contribution in [-0.4, -0.2) is 6.04 Å². The third-order valence-corrected chi connectivity index (χ3v) is 3.82. The zero-order valence-electron chi connectivity index (χ0n) is 8.06. The van der Waals surface area contributed by atoms with E-state index in [9.17, 15) is 4.39 Å². The standard InChI is InChI=1S/C11H13BrFN/c1-7(14)11(4-5-11)9-6-8(13)2-3-10(9)12/h2-3,6-7H,4-5,14H2,1H3. The predicted molar refractivity (Wildman–Crippen MR) is 58.7 cm³/mol. The van der Waals surface area contributed by atoms with Crippen molar-refractivity contribution in [1.82, 2.24) is 0 Å². The van der Waals surface area contributed by atoms with E-state index in [1.807, 2.05) is 6.92 Å². The molecule has 1 aliphatic rings. The molecule has 0 aliphatic heterocycles. The highest BCUT2D eigenvalue weighted by atomic mass is 79.9. The summed E-state index contributed by atoms with van der Waals surface area (Å²) in [6.45, 7) is 1.99. The van der Waals surface area contributed by atoms with Crippen molar-refractivity contribution in [2.24, 2.45) is 5.73 Å². The van der Waals surface area contributed by atoms with Crippen molar-refractivity contribution >= 4 is 15.9 Å². The van der Waals surface area contributed by atoms with Crippen LogP contribution in [0.3, 0.4) is 0 Å².